The maximum absolute atomic E-state index is 11.8. The lowest BCUT2D eigenvalue weighted by Crippen LogP contribution is -2.44. The number of thiocarbonyl (C=S) groups is 1. The minimum atomic E-state index is -2.99. The number of hydrogen-bond acceptors (Lipinski definition) is 4. The molecule has 0 bridgehead atoms. The fraction of sp³-hybridized carbons (Fsp3) is 0.533. The molecule has 0 amide bonds. The molecule has 0 radical (unpaired) electrons. The molecule has 9 heteroatoms. The van der Waals surface area contributed by atoms with E-state index in [1.54, 1.807) is 25.3 Å². The number of hydrogen-bond donors (Lipinski definition) is 1. The molecule has 1 aliphatic rings. The molecule has 0 spiro atoms. The molecule has 1 saturated heterocycles. The Hall–Kier alpha value is -0.600. The molecule has 1 aliphatic heterocycles. The molecule has 1 N–H and O–H groups in total. The van der Waals surface area contributed by atoms with Crippen LogP contribution in [-0.2, 0) is 14.6 Å². The number of nitrogens with zero attached hydrogens (tertiary/aromatic N) is 1. The van der Waals surface area contributed by atoms with Gasteiger partial charge in [0, 0.05) is 42.0 Å². The number of nitrogens with one attached hydrogen (secondary N) is 1. The van der Waals surface area contributed by atoms with Crippen molar-refractivity contribution in [3.63, 3.8) is 0 Å². The van der Waals surface area contributed by atoms with Gasteiger partial charge >= 0.3 is 0 Å². The second-order valence-electron chi connectivity index (χ2n) is 5.68. The number of sulfone groups is 1. The SMILES string of the molecule is COCCCN(C(=S)Nc1cc(Cl)cc(Cl)c1)[C@@H]1CCS(=O)(=O)C1. The van der Waals surface area contributed by atoms with E-state index in [0.29, 0.717) is 40.4 Å². The van der Waals surface area contributed by atoms with E-state index in [2.05, 4.69) is 5.32 Å². The number of rotatable bonds is 6. The Morgan fingerprint density at radius 1 is 1.38 bits per heavy atom. The van der Waals surface area contributed by atoms with Crippen LogP contribution in [0.1, 0.15) is 12.8 Å². The maximum Gasteiger partial charge on any atom is 0.173 e. The van der Waals surface area contributed by atoms with Gasteiger partial charge in [-0.25, -0.2) is 8.42 Å². The van der Waals surface area contributed by atoms with E-state index in [9.17, 15) is 8.42 Å². The van der Waals surface area contributed by atoms with Crippen LogP contribution in [0.25, 0.3) is 0 Å². The van der Waals surface area contributed by atoms with E-state index in [-0.39, 0.29) is 17.5 Å². The molecule has 1 fully saturated rings. The van der Waals surface area contributed by atoms with Crippen molar-refractivity contribution in [2.45, 2.75) is 18.9 Å². The average Bonchev–Trinajstić information content (AvgIpc) is 2.82. The van der Waals surface area contributed by atoms with Crippen LogP contribution in [-0.4, -0.2) is 56.2 Å². The zero-order valence-electron chi connectivity index (χ0n) is 13.3. The summed E-state index contributed by atoms with van der Waals surface area (Å²) in [6.07, 6.45) is 1.33. The number of ether oxygens (including phenoxy) is 1. The molecule has 1 aromatic carbocycles. The van der Waals surface area contributed by atoms with Crippen LogP contribution in [0.3, 0.4) is 0 Å². The summed E-state index contributed by atoms with van der Waals surface area (Å²) in [5.74, 6) is 0.322. The largest absolute Gasteiger partial charge is 0.385 e. The van der Waals surface area contributed by atoms with Gasteiger partial charge in [-0.05, 0) is 43.3 Å². The topological polar surface area (TPSA) is 58.6 Å². The molecule has 0 aliphatic carbocycles. The second kappa shape index (κ2) is 8.67. The predicted octanol–water partition coefficient (Wildman–Crippen LogP) is 3.22. The minimum Gasteiger partial charge on any atom is -0.385 e. The Bertz CT molecular complexity index is 678. The smallest absolute Gasteiger partial charge is 0.173 e. The highest BCUT2D eigenvalue weighted by molar-refractivity contribution is 7.91. The summed E-state index contributed by atoms with van der Waals surface area (Å²) in [5, 5.41) is 4.58. The number of halogens is 2. The van der Waals surface area contributed by atoms with Crippen LogP contribution in [0, 0.1) is 0 Å². The second-order valence-corrected chi connectivity index (χ2v) is 9.17. The molecule has 1 aromatic rings. The Morgan fingerprint density at radius 3 is 2.58 bits per heavy atom. The van der Waals surface area contributed by atoms with Gasteiger partial charge < -0.3 is 15.0 Å². The molecule has 24 heavy (non-hydrogen) atoms. The van der Waals surface area contributed by atoms with Crippen molar-refractivity contribution in [2.75, 3.05) is 37.1 Å². The Balaban J connectivity index is 2.11. The van der Waals surface area contributed by atoms with Gasteiger partial charge in [0.15, 0.2) is 14.9 Å². The van der Waals surface area contributed by atoms with E-state index in [0.717, 1.165) is 6.42 Å². The van der Waals surface area contributed by atoms with Crippen molar-refractivity contribution in [3.8, 4) is 0 Å². The summed E-state index contributed by atoms with van der Waals surface area (Å²) in [7, 11) is -1.36. The van der Waals surface area contributed by atoms with Gasteiger partial charge in [0.1, 0.15) is 0 Å². The molecule has 134 valence electrons. The minimum absolute atomic E-state index is 0.123. The first-order chi connectivity index (χ1) is 11.3. The van der Waals surface area contributed by atoms with Crippen LogP contribution in [0.15, 0.2) is 18.2 Å². The van der Waals surface area contributed by atoms with Crippen molar-refractivity contribution in [3.05, 3.63) is 28.2 Å². The summed E-state index contributed by atoms with van der Waals surface area (Å²) >= 11 is 17.5. The monoisotopic (exact) mass is 410 g/mol. The highest BCUT2D eigenvalue weighted by Gasteiger charge is 2.33. The van der Waals surface area contributed by atoms with E-state index < -0.39 is 9.84 Å². The Kier molecular flexibility index (Phi) is 7.12. The summed E-state index contributed by atoms with van der Waals surface area (Å²) in [5.41, 5.74) is 0.676. The lowest BCUT2D eigenvalue weighted by atomic mass is 10.2. The summed E-state index contributed by atoms with van der Waals surface area (Å²) in [4.78, 5) is 1.92. The first kappa shape index (κ1) is 19.7. The first-order valence-electron chi connectivity index (χ1n) is 7.54. The lowest BCUT2D eigenvalue weighted by Gasteiger charge is -2.31. The summed E-state index contributed by atoms with van der Waals surface area (Å²) in [6, 6.07) is 4.95. The summed E-state index contributed by atoms with van der Waals surface area (Å²) in [6.45, 7) is 1.20. The number of methoxy groups -OCH3 is 1. The molecule has 0 aromatic heterocycles. The van der Waals surface area contributed by atoms with Gasteiger partial charge in [0.25, 0.3) is 0 Å². The van der Waals surface area contributed by atoms with Gasteiger partial charge in [0.2, 0.25) is 0 Å². The molecule has 0 saturated carbocycles. The van der Waals surface area contributed by atoms with Crippen molar-refractivity contribution < 1.29 is 13.2 Å². The van der Waals surface area contributed by atoms with Crippen LogP contribution in [0.2, 0.25) is 10.0 Å². The number of benzene rings is 1. The average molecular weight is 411 g/mol. The molecule has 0 unspecified atom stereocenters. The molecule has 2 rings (SSSR count). The zero-order valence-corrected chi connectivity index (χ0v) is 16.4. The van der Waals surface area contributed by atoms with Gasteiger partial charge in [-0.2, -0.15) is 0 Å². The molecular weight excluding hydrogens is 391 g/mol. The zero-order chi connectivity index (χ0) is 17.7. The normalized spacial score (nSPS) is 19.2. The standard InChI is InChI=1S/C15H20Cl2N2O3S2/c1-22-5-2-4-19(14-3-6-24(20,21)10-14)15(23)18-13-8-11(16)7-12(17)9-13/h7-9,14H,2-6,10H2,1H3,(H,18,23)/t14-/m1/s1. The molecule has 1 heterocycles. The third-order valence-electron chi connectivity index (χ3n) is 3.77. The van der Waals surface area contributed by atoms with Gasteiger partial charge in [0.05, 0.1) is 11.5 Å². The van der Waals surface area contributed by atoms with E-state index >= 15 is 0 Å². The van der Waals surface area contributed by atoms with Gasteiger partial charge in [-0.15, -0.1) is 0 Å². The maximum atomic E-state index is 11.8. The van der Waals surface area contributed by atoms with E-state index in [1.807, 2.05) is 4.90 Å². The van der Waals surface area contributed by atoms with E-state index in [4.69, 9.17) is 40.2 Å². The van der Waals surface area contributed by atoms with Crippen molar-refractivity contribution in [2.24, 2.45) is 0 Å². The van der Waals surface area contributed by atoms with Gasteiger partial charge in [-0.1, -0.05) is 23.2 Å². The van der Waals surface area contributed by atoms with Gasteiger partial charge in [-0.3, -0.25) is 0 Å². The van der Waals surface area contributed by atoms with Crippen LogP contribution in [0.4, 0.5) is 5.69 Å². The number of anilines is 1. The van der Waals surface area contributed by atoms with Crippen LogP contribution < -0.4 is 5.32 Å². The quantitative estimate of drug-likeness (QED) is 0.573. The predicted molar refractivity (Wildman–Crippen MR) is 103 cm³/mol. The fourth-order valence-corrected chi connectivity index (χ4v) is 5.29. The molecule has 5 nitrogen and oxygen atoms in total. The van der Waals surface area contributed by atoms with Crippen LogP contribution >= 0.6 is 35.4 Å². The fourth-order valence-electron chi connectivity index (χ4n) is 2.67. The van der Waals surface area contributed by atoms with Crippen LogP contribution in [0.5, 0.6) is 0 Å². The highest BCUT2D eigenvalue weighted by Crippen LogP contribution is 2.24. The highest BCUT2D eigenvalue weighted by atomic mass is 35.5. The first-order valence-corrected chi connectivity index (χ1v) is 10.5. The van der Waals surface area contributed by atoms with E-state index in [1.165, 1.54) is 0 Å². The Morgan fingerprint density at radius 2 is 2.04 bits per heavy atom. The van der Waals surface area contributed by atoms with Crippen molar-refractivity contribution in [1.29, 1.82) is 0 Å². The summed E-state index contributed by atoms with van der Waals surface area (Å²) < 4.78 is 28.7. The van der Waals surface area contributed by atoms with Crippen molar-refractivity contribution >= 4 is 56.1 Å². The third kappa shape index (κ3) is 5.74. The molecular formula is C15H20Cl2N2O3S2. The molecule has 1 atom stereocenters. The Labute approximate surface area is 158 Å². The third-order valence-corrected chi connectivity index (χ3v) is 6.29. The lowest BCUT2D eigenvalue weighted by molar-refractivity contribution is 0.181. The van der Waals surface area contributed by atoms with Crippen molar-refractivity contribution in [1.82, 2.24) is 4.90 Å².